The van der Waals surface area contributed by atoms with Crippen LogP contribution in [-0.4, -0.2) is 17.6 Å². The number of nitrogens with one attached hydrogen (secondary N) is 1. The molecule has 0 saturated carbocycles. The van der Waals surface area contributed by atoms with Crippen LogP contribution in [0.1, 0.15) is 38.4 Å². The van der Waals surface area contributed by atoms with Gasteiger partial charge < -0.3 is 10.1 Å². The quantitative estimate of drug-likeness (QED) is 0.814. The van der Waals surface area contributed by atoms with Crippen LogP contribution in [0.15, 0.2) is 24.5 Å². The predicted molar refractivity (Wildman–Crippen MR) is 81.6 cm³/mol. The molecule has 5 heteroatoms. The molecule has 0 aromatic carbocycles. The molecule has 1 aromatic rings. The van der Waals surface area contributed by atoms with E-state index in [4.69, 9.17) is 10.00 Å². The Morgan fingerprint density at radius 2 is 2.24 bits per heavy atom. The van der Waals surface area contributed by atoms with E-state index >= 15 is 0 Å². The molecule has 1 aromatic heterocycles. The molecular formula is C16H21N3O2. The number of aromatic nitrogens is 1. The molecule has 21 heavy (non-hydrogen) atoms. The van der Waals surface area contributed by atoms with Gasteiger partial charge in [-0.05, 0) is 39.3 Å². The molecule has 0 aliphatic carbocycles. The van der Waals surface area contributed by atoms with Crippen molar-refractivity contribution >= 4 is 11.7 Å². The lowest BCUT2D eigenvalue weighted by molar-refractivity contribution is -0.148. The van der Waals surface area contributed by atoms with E-state index in [1.807, 2.05) is 19.1 Å². The average molecular weight is 287 g/mol. The number of pyridine rings is 1. The molecule has 5 nitrogen and oxygen atoms in total. The largest absolute Gasteiger partial charge is 0.465 e. The summed E-state index contributed by atoms with van der Waals surface area (Å²) >= 11 is 0. The highest BCUT2D eigenvalue weighted by Gasteiger charge is 2.33. The molecule has 0 spiro atoms. The van der Waals surface area contributed by atoms with Crippen molar-refractivity contribution in [3.05, 3.63) is 35.8 Å². The summed E-state index contributed by atoms with van der Waals surface area (Å²) in [6.45, 7) is 11.4. The van der Waals surface area contributed by atoms with Gasteiger partial charge in [-0.1, -0.05) is 6.58 Å². The van der Waals surface area contributed by atoms with Gasteiger partial charge in [-0.25, -0.2) is 0 Å². The van der Waals surface area contributed by atoms with Crippen LogP contribution in [0.3, 0.4) is 0 Å². The fourth-order valence-corrected chi connectivity index (χ4v) is 1.77. The maximum absolute atomic E-state index is 12.0. The molecule has 112 valence electrons. The average Bonchev–Trinajstić information content (AvgIpc) is 2.41. The van der Waals surface area contributed by atoms with Gasteiger partial charge in [-0.2, -0.15) is 5.26 Å². The van der Waals surface area contributed by atoms with Gasteiger partial charge in [-0.15, -0.1) is 0 Å². The molecule has 0 amide bonds. The molecule has 1 rings (SSSR count). The minimum Gasteiger partial charge on any atom is -0.465 e. The number of rotatable bonds is 6. The van der Waals surface area contributed by atoms with Gasteiger partial charge in [0.05, 0.1) is 36.7 Å². The topological polar surface area (TPSA) is 75.0 Å². The molecule has 0 unspecified atom stereocenters. The number of hydrogen-bond donors (Lipinski definition) is 1. The van der Waals surface area contributed by atoms with Crippen molar-refractivity contribution < 1.29 is 9.53 Å². The van der Waals surface area contributed by atoms with Gasteiger partial charge in [0.15, 0.2) is 0 Å². The maximum Gasteiger partial charge on any atom is 0.317 e. The zero-order valence-corrected chi connectivity index (χ0v) is 13.0. The Morgan fingerprint density at radius 1 is 1.57 bits per heavy atom. The summed E-state index contributed by atoms with van der Waals surface area (Å²) in [5.41, 5.74) is 2.16. The third-order valence-electron chi connectivity index (χ3n) is 3.14. The first kappa shape index (κ1) is 16.7. The molecule has 1 N–H and O–H groups in total. The molecular weight excluding hydrogens is 266 g/mol. The zero-order valence-electron chi connectivity index (χ0n) is 13.0. The number of hydrogen-bond acceptors (Lipinski definition) is 5. The summed E-state index contributed by atoms with van der Waals surface area (Å²) in [4.78, 5) is 16.3. The first-order valence-electron chi connectivity index (χ1n) is 6.79. The second-order valence-electron chi connectivity index (χ2n) is 5.29. The van der Waals surface area contributed by atoms with Crippen LogP contribution in [0.4, 0.5) is 5.69 Å². The Labute approximate surface area is 125 Å². The fourth-order valence-electron chi connectivity index (χ4n) is 1.77. The second-order valence-corrected chi connectivity index (χ2v) is 5.29. The molecule has 0 aliphatic heterocycles. The third-order valence-corrected chi connectivity index (χ3v) is 3.14. The van der Waals surface area contributed by atoms with Crippen LogP contribution in [0, 0.1) is 18.3 Å². The molecule has 0 fully saturated rings. The highest BCUT2D eigenvalue weighted by atomic mass is 16.5. The summed E-state index contributed by atoms with van der Waals surface area (Å²) in [5, 5.41) is 11.7. The number of allylic oxidation sites excluding steroid dienone is 1. The van der Waals surface area contributed by atoms with Gasteiger partial charge >= 0.3 is 5.97 Å². The SMILES string of the molecule is C=C(CC#N)Nc1cnc(C(C)(C)C(=O)OCC)cc1C. The Morgan fingerprint density at radius 3 is 2.76 bits per heavy atom. The summed E-state index contributed by atoms with van der Waals surface area (Å²) < 4.78 is 5.08. The maximum atomic E-state index is 12.0. The smallest absolute Gasteiger partial charge is 0.317 e. The van der Waals surface area contributed by atoms with Crippen LogP contribution in [0.25, 0.3) is 0 Å². The second kappa shape index (κ2) is 6.89. The van der Waals surface area contributed by atoms with Crippen molar-refractivity contribution in [2.45, 2.75) is 39.5 Å². The fraction of sp³-hybridized carbons (Fsp3) is 0.438. The number of carbonyl (C=O) groups is 1. The number of carbonyl (C=O) groups excluding carboxylic acids is 1. The lowest BCUT2D eigenvalue weighted by atomic mass is 9.88. The number of nitriles is 1. The van der Waals surface area contributed by atoms with Crippen molar-refractivity contribution in [3.63, 3.8) is 0 Å². The van der Waals surface area contributed by atoms with Gasteiger partial charge in [0.1, 0.15) is 5.41 Å². The van der Waals surface area contributed by atoms with Crippen LogP contribution >= 0.6 is 0 Å². The van der Waals surface area contributed by atoms with Crippen LogP contribution in [0.2, 0.25) is 0 Å². The van der Waals surface area contributed by atoms with Crippen molar-refractivity contribution in [2.75, 3.05) is 11.9 Å². The standard InChI is InChI=1S/C16H21N3O2/c1-6-21-15(20)16(4,5)14-9-11(2)13(10-18-14)19-12(3)7-8-17/h9-10,19H,3,6-7H2,1-2,4-5H3. The van der Waals surface area contributed by atoms with Crippen molar-refractivity contribution in [1.82, 2.24) is 4.98 Å². The van der Waals surface area contributed by atoms with Gasteiger partial charge in [0.2, 0.25) is 0 Å². The van der Waals surface area contributed by atoms with E-state index in [0.717, 1.165) is 11.3 Å². The molecule has 0 saturated heterocycles. The van der Waals surface area contributed by atoms with Crippen LogP contribution in [0.5, 0.6) is 0 Å². The summed E-state index contributed by atoms with van der Waals surface area (Å²) in [6.07, 6.45) is 1.88. The Balaban J connectivity index is 2.99. The van der Waals surface area contributed by atoms with Crippen molar-refractivity contribution in [2.24, 2.45) is 0 Å². The Bertz CT molecular complexity index is 586. The number of aryl methyl sites for hydroxylation is 1. The lowest BCUT2D eigenvalue weighted by Gasteiger charge is -2.22. The minimum atomic E-state index is -0.803. The Hall–Kier alpha value is -2.35. The minimum absolute atomic E-state index is 0.232. The Kier molecular flexibility index (Phi) is 5.48. The van der Waals surface area contributed by atoms with E-state index in [1.54, 1.807) is 27.0 Å². The van der Waals surface area contributed by atoms with E-state index in [9.17, 15) is 4.79 Å². The number of anilines is 1. The van der Waals surface area contributed by atoms with Crippen molar-refractivity contribution in [3.8, 4) is 6.07 Å². The van der Waals surface area contributed by atoms with Crippen LogP contribution in [-0.2, 0) is 14.9 Å². The third kappa shape index (κ3) is 4.06. The molecule has 1 heterocycles. The number of esters is 1. The van der Waals surface area contributed by atoms with E-state index in [0.29, 0.717) is 18.0 Å². The molecule has 0 radical (unpaired) electrons. The lowest BCUT2D eigenvalue weighted by Crippen LogP contribution is -2.32. The van der Waals surface area contributed by atoms with Crippen LogP contribution < -0.4 is 5.32 Å². The summed E-state index contributed by atoms with van der Waals surface area (Å²) in [5.74, 6) is -0.300. The zero-order chi connectivity index (χ0) is 16.0. The summed E-state index contributed by atoms with van der Waals surface area (Å²) in [6, 6.07) is 3.87. The molecule has 0 atom stereocenters. The highest BCUT2D eigenvalue weighted by Crippen LogP contribution is 2.26. The van der Waals surface area contributed by atoms with Gasteiger partial charge in [-0.3, -0.25) is 9.78 Å². The summed E-state index contributed by atoms with van der Waals surface area (Å²) in [7, 11) is 0. The normalized spacial score (nSPS) is 10.6. The number of nitrogens with zero attached hydrogens (tertiary/aromatic N) is 2. The number of ether oxygens (including phenoxy) is 1. The monoisotopic (exact) mass is 287 g/mol. The van der Waals surface area contributed by atoms with Gasteiger partial charge in [0.25, 0.3) is 0 Å². The van der Waals surface area contributed by atoms with E-state index in [1.165, 1.54) is 0 Å². The highest BCUT2D eigenvalue weighted by molar-refractivity contribution is 5.81. The van der Waals surface area contributed by atoms with Gasteiger partial charge in [0, 0.05) is 5.70 Å². The van der Waals surface area contributed by atoms with Crippen molar-refractivity contribution in [1.29, 1.82) is 5.26 Å². The van der Waals surface area contributed by atoms with E-state index in [2.05, 4.69) is 16.9 Å². The first-order chi connectivity index (χ1) is 9.82. The first-order valence-corrected chi connectivity index (χ1v) is 6.79. The van der Waals surface area contributed by atoms with E-state index < -0.39 is 5.41 Å². The predicted octanol–water partition coefficient (Wildman–Crippen LogP) is 3.07. The molecule has 0 bridgehead atoms. The van der Waals surface area contributed by atoms with E-state index in [-0.39, 0.29) is 12.4 Å². The molecule has 0 aliphatic rings.